The molecule has 0 spiro atoms. The number of halogens is 1. The molecule has 0 aliphatic carbocycles. The lowest BCUT2D eigenvalue weighted by Gasteiger charge is -2.26. The quantitative estimate of drug-likeness (QED) is 0.761. The summed E-state index contributed by atoms with van der Waals surface area (Å²) in [5.74, 6) is 0. The van der Waals surface area contributed by atoms with Gasteiger partial charge in [0.25, 0.3) is 0 Å². The predicted molar refractivity (Wildman–Crippen MR) is 94.5 cm³/mol. The van der Waals surface area contributed by atoms with Gasteiger partial charge in [-0.1, -0.05) is 35.9 Å². The number of anilines is 2. The number of benzene rings is 2. The first-order valence-corrected chi connectivity index (χ1v) is 7.79. The number of nitrogens with zero attached hydrogens (tertiary/aromatic N) is 1. The summed E-state index contributed by atoms with van der Waals surface area (Å²) in [5.41, 5.74) is 4.52. The van der Waals surface area contributed by atoms with Crippen LogP contribution in [0.1, 0.15) is 18.1 Å². The lowest BCUT2D eigenvalue weighted by atomic mass is 10.1. The van der Waals surface area contributed by atoms with Gasteiger partial charge in [-0.3, -0.25) is 0 Å². The Morgan fingerprint density at radius 2 is 2.05 bits per heavy atom. The molecule has 0 saturated heterocycles. The van der Waals surface area contributed by atoms with E-state index in [1.165, 1.54) is 11.3 Å². The highest BCUT2D eigenvalue weighted by atomic mass is 35.5. The Hall–Kier alpha value is -1.58. The number of fused-ring (bicyclic) bond motifs is 1. The summed E-state index contributed by atoms with van der Waals surface area (Å²) in [5, 5.41) is 4.76. The van der Waals surface area contributed by atoms with Crippen LogP contribution >= 0.6 is 23.8 Å². The van der Waals surface area contributed by atoms with Crippen molar-refractivity contribution in [2.75, 3.05) is 10.2 Å². The van der Waals surface area contributed by atoms with Gasteiger partial charge in [-0.15, -0.1) is 0 Å². The normalized spacial score (nSPS) is 16.7. The molecule has 108 valence electrons. The van der Waals surface area contributed by atoms with Crippen LogP contribution in [0, 0.1) is 6.92 Å². The molecule has 2 aromatic rings. The fourth-order valence-corrected chi connectivity index (χ4v) is 3.31. The first kappa shape index (κ1) is 14.4. The van der Waals surface area contributed by atoms with E-state index in [0.29, 0.717) is 11.2 Å². The van der Waals surface area contributed by atoms with Crippen molar-refractivity contribution >= 4 is 40.3 Å². The van der Waals surface area contributed by atoms with Gasteiger partial charge >= 0.3 is 0 Å². The van der Waals surface area contributed by atoms with E-state index in [1.54, 1.807) is 0 Å². The second kappa shape index (κ2) is 5.66. The van der Waals surface area contributed by atoms with Gasteiger partial charge in [-0.05, 0) is 61.8 Å². The topological polar surface area (TPSA) is 15.3 Å². The van der Waals surface area contributed by atoms with Crippen molar-refractivity contribution in [3.05, 3.63) is 58.6 Å². The van der Waals surface area contributed by atoms with Gasteiger partial charge in [-0.25, -0.2) is 0 Å². The molecule has 1 unspecified atom stereocenters. The minimum Gasteiger partial charge on any atom is -0.332 e. The van der Waals surface area contributed by atoms with E-state index >= 15 is 0 Å². The van der Waals surface area contributed by atoms with E-state index in [-0.39, 0.29) is 0 Å². The molecule has 1 aliphatic heterocycles. The Kier molecular flexibility index (Phi) is 3.87. The van der Waals surface area contributed by atoms with Crippen LogP contribution in [0.25, 0.3) is 0 Å². The zero-order valence-electron chi connectivity index (χ0n) is 12.1. The standard InChI is InChI=1S/C17H17ClN2S/c1-11-7-8-14(10-15(11)18)19-17(21)20-12(2)9-13-5-3-4-6-16(13)20/h3-8,10,12H,9H2,1-2H3,(H,19,21). The fraction of sp³-hybridized carbons (Fsp3) is 0.235. The van der Waals surface area contributed by atoms with Crippen LogP contribution in [-0.2, 0) is 6.42 Å². The smallest absolute Gasteiger partial charge is 0.178 e. The molecule has 21 heavy (non-hydrogen) atoms. The first-order chi connectivity index (χ1) is 10.1. The average molecular weight is 317 g/mol. The third kappa shape index (κ3) is 2.76. The lowest BCUT2D eigenvalue weighted by Crippen LogP contribution is -2.38. The number of hydrogen-bond donors (Lipinski definition) is 1. The minimum absolute atomic E-state index is 0.364. The van der Waals surface area contributed by atoms with E-state index in [4.69, 9.17) is 23.8 Å². The summed E-state index contributed by atoms with van der Waals surface area (Å²) in [6, 6.07) is 14.7. The molecule has 0 fully saturated rings. The van der Waals surface area contributed by atoms with Crippen molar-refractivity contribution in [2.24, 2.45) is 0 Å². The first-order valence-electron chi connectivity index (χ1n) is 7.00. The van der Waals surface area contributed by atoms with Gasteiger partial charge in [-0.2, -0.15) is 0 Å². The molecule has 2 nitrogen and oxygen atoms in total. The Bertz CT molecular complexity index is 699. The fourth-order valence-electron chi connectivity index (χ4n) is 2.73. The second-order valence-corrected chi connectivity index (χ2v) is 6.24. The van der Waals surface area contributed by atoms with Crippen molar-refractivity contribution < 1.29 is 0 Å². The minimum atomic E-state index is 0.364. The summed E-state index contributed by atoms with van der Waals surface area (Å²) in [6.07, 6.45) is 1.02. The molecule has 1 N–H and O–H groups in total. The Morgan fingerprint density at radius 3 is 2.81 bits per heavy atom. The number of rotatable bonds is 1. The van der Waals surface area contributed by atoms with E-state index in [0.717, 1.165) is 22.7 Å². The van der Waals surface area contributed by atoms with Crippen molar-refractivity contribution in [3.63, 3.8) is 0 Å². The number of nitrogens with one attached hydrogen (secondary N) is 1. The van der Waals surface area contributed by atoms with Gasteiger partial charge in [0.05, 0.1) is 0 Å². The van der Waals surface area contributed by atoms with Gasteiger partial charge in [0.15, 0.2) is 5.11 Å². The second-order valence-electron chi connectivity index (χ2n) is 5.45. The largest absolute Gasteiger partial charge is 0.332 e. The highest BCUT2D eigenvalue weighted by Crippen LogP contribution is 2.32. The lowest BCUT2D eigenvalue weighted by molar-refractivity contribution is 0.776. The van der Waals surface area contributed by atoms with Crippen LogP contribution < -0.4 is 10.2 Å². The van der Waals surface area contributed by atoms with Gasteiger partial charge in [0.1, 0.15) is 0 Å². The number of aryl methyl sites for hydroxylation is 1. The van der Waals surface area contributed by atoms with Crippen molar-refractivity contribution in [2.45, 2.75) is 26.3 Å². The Balaban J connectivity index is 1.84. The number of para-hydroxylation sites is 1. The highest BCUT2D eigenvalue weighted by molar-refractivity contribution is 7.80. The molecule has 0 bridgehead atoms. The Morgan fingerprint density at radius 1 is 1.29 bits per heavy atom. The number of hydrogen-bond acceptors (Lipinski definition) is 1. The maximum atomic E-state index is 6.17. The molecule has 1 atom stereocenters. The highest BCUT2D eigenvalue weighted by Gasteiger charge is 2.28. The summed E-state index contributed by atoms with van der Waals surface area (Å²) in [7, 11) is 0. The molecule has 0 aromatic heterocycles. The Labute approximate surface area is 135 Å². The van der Waals surface area contributed by atoms with Gasteiger partial charge < -0.3 is 10.2 Å². The van der Waals surface area contributed by atoms with E-state index in [2.05, 4.69) is 41.4 Å². The maximum Gasteiger partial charge on any atom is 0.178 e. The van der Waals surface area contributed by atoms with Crippen LogP contribution in [0.5, 0.6) is 0 Å². The van der Waals surface area contributed by atoms with Crippen LogP contribution in [0.3, 0.4) is 0 Å². The van der Waals surface area contributed by atoms with Crippen LogP contribution in [-0.4, -0.2) is 11.2 Å². The summed E-state index contributed by atoms with van der Waals surface area (Å²) < 4.78 is 0. The number of thiocarbonyl (C=S) groups is 1. The summed E-state index contributed by atoms with van der Waals surface area (Å²) >= 11 is 11.8. The third-order valence-corrected chi connectivity index (χ3v) is 4.56. The van der Waals surface area contributed by atoms with Crippen molar-refractivity contribution in [1.29, 1.82) is 0 Å². The molecule has 1 aliphatic rings. The zero-order chi connectivity index (χ0) is 15.0. The van der Waals surface area contributed by atoms with E-state index in [1.807, 2.05) is 25.1 Å². The zero-order valence-corrected chi connectivity index (χ0v) is 13.6. The van der Waals surface area contributed by atoms with Gasteiger partial charge in [0, 0.05) is 22.4 Å². The molecular weight excluding hydrogens is 300 g/mol. The molecule has 0 amide bonds. The van der Waals surface area contributed by atoms with Crippen molar-refractivity contribution in [3.8, 4) is 0 Å². The van der Waals surface area contributed by atoms with Crippen molar-refractivity contribution in [1.82, 2.24) is 0 Å². The third-order valence-electron chi connectivity index (χ3n) is 3.85. The molecule has 3 rings (SSSR count). The van der Waals surface area contributed by atoms with E-state index < -0.39 is 0 Å². The van der Waals surface area contributed by atoms with Crippen LogP contribution in [0.15, 0.2) is 42.5 Å². The molecule has 0 saturated carbocycles. The summed E-state index contributed by atoms with van der Waals surface area (Å²) in [4.78, 5) is 2.18. The molecule has 0 radical (unpaired) electrons. The average Bonchev–Trinajstić information content (AvgIpc) is 2.78. The predicted octanol–water partition coefficient (Wildman–Crippen LogP) is 4.80. The molecule has 1 heterocycles. The maximum absolute atomic E-state index is 6.17. The van der Waals surface area contributed by atoms with Crippen LogP contribution in [0.4, 0.5) is 11.4 Å². The van der Waals surface area contributed by atoms with Gasteiger partial charge in [0.2, 0.25) is 0 Å². The monoisotopic (exact) mass is 316 g/mol. The van der Waals surface area contributed by atoms with Crippen LogP contribution in [0.2, 0.25) is 5.02 Å². The molecule has 4 heteroatoms. The molecular formula is C17H17ClN2S. The van der Waals surface area contributed by atoms with E-state index in [9.17, 15) is 0 Å². The molecule has 2 aromatic carbocycles. The SMILES string of the molecule is Cc1ccc(NC(=S)N2c3ccccc3CC2C)cc1Cl. The summed E-state index contributed by atoms with van der Waals surface area (Å²) in [6.45, 7) is 4.18.